The largest absolute Gasteiger partial charge is 0.460 e. The Morgan fingerprint density at radius 2 is 1.85 bits per heavy atom. The molecule has 0 aromatic rings. The summed E-state index contributed by atoms with van der Waals surface area (Å²) in [4.78, 5) is 62.5. The minimum atomic E-state index is -0.982. The number of carbonyl (C=O) groups is 5. The van der Waals surface area contributed by atoms with Gasteiger partial charge in [-0.15, -0.1) is 0 Å². The first-order chi connectivity index (χ1) is 12.1. The zero-order chi connectivity index (χ0) is 19.2. The summed E-state index contributed by atoms with van der Waals surface area (Å²) in [6.07, 6.45) is 1.37. The summed E-state index contributed by atoms with van der Waals surface area (Å²) in [5.74, 6) is -2.92. The lowest BCUT2D eigenvalue weighted by atomic mass is 9.98. The van der Waals surface area contributed by atoms with Crippen LogP contribution in [0, 0.1) is 5.92 Å². The van der Waals surface area contributed by atoms with E-state index in [1.807, 2.05) is 0 Å². The van der Waals surface area contributed by atoms with Crippen molar-refractivity contribution in [2.75, 3.05) is 13.1 Å². The molecule has 3 aliphatic rings. The number of piperidine rings is 1. The number of nitrogens with one attached hydrogen (secondary N) is 1. The number of rotatable bonds is 3. The summed E-state index contributed by atoms with van der Waals surface area (Å²) in [6.45, 7) is 5.90. The van der Waals surface area contributed by atoms with Gasteiger partial charge in [-0.05, 0) is 27.2 Å². The monoisotopic (exact) mass is 363 g/mol. The molecular weight excluding hydrogens is 342 g/mol. The van der Waals surface area contributed by atoms with E-state index in [1.165, 1.54) is 6.08 Å². The number of nitrogens with zero attached hydrogens (tertiary/aromatic N) is 2. The van der Waals surface area contributed by atoms with Crippen molar-refractivity contribution in [2.45, 2.75) is 45.3 Å². The summed E-state index contributed by atoms with van der Waals surface area (Å²) in [6, 6.07) is -0.982. The molecule has 3 aliphatic heterocycles. The van der Waals surface area contributed by atoms with Crippen LogP contribution in [0.4, 0.5) is 0 Å². The number of hydrogen-bond donors (Lipinski definition) is 1. The normalized spacial score (nSPS) is 24.4. The highest BCUT2D eigenvalue weighted by atomic mass is 16.6. The smallest absolute Gasteiger partial charge is 0.313 e. The molecule has 1 atom stereocenters. The molecule has 0 radical (unpaired) electrons. The van der Waals surface area contributed by atoms with Crippen LogP contribution in [-0.4, -0.2) is 64.1 Å². The minimum absolute atomic E-state index is 0.0766. The Bertz CT molecular complexity index is 729. The highest BCUT2D eigenvalue weighted by Crippen LogP contribution is 2.29. The lowest BCUT2D eigenvalue weighted by molar-refractivity contribution is -0.165. The van der Waals surface area contributed by atoms with E-state index in [-0.39, 0.29) is 43.5 Å². The van der Waals surface area contributed by atoms with Crippen LogP contribution >= 0.6 is 0 Å². The number of ether oxygens (including phenoxy) is 1. The predicted octanol–water partition coefficient (Wildman–Crippen LogP) is -0.682. The van der Waals surface area contributed by atoms with Gasteiger partial charge in [0.15, 0.2) is 0 Å². The van der Waals surface area contributed by atoms with Crippen molar-refractivity contribution < 1.29 is 28.7 Å². The van der Waals surface area contributed by atoms with Gasteiger partial charge in [0, 0.05) is 25.6 Å². The highest BCUT2D eigenvalue weighted by Gasteiger charge is 2.46. The number of hydrogen-bond acceptors (Lipinski definition) is 7. The van der Waals surface area contributed by atoms with Crippen molar-refractivity contribution >= 4 is 29.6 Å². The third kappa shape index (κ3) is 3.33. The quantitative estimate of drug-likeness (QED) is 0.522. The number of carbonyl (C=O) groups excluding carboxylic acids is 5. The van der Waals surface area contributed by atoms with E-state index in [0.717, 1.165) is 4.90 Å². The Balaban J connectivity index is 1.62. The molecule has 9 nitrogen and oxygen atoms in total. The molecule has 0 aromatic heterocycles. The Kier molecular flexibility index (Phi) is 4.33. The Labute approximate surface area is 150 Å². The van der Waals surface area contributed by atoms with Gasteiger partial charge in [0.1, 0.15) is 17.3 Å². The Morgan fingerprint density at radius 1 is 1.19 bits per heavy atom. The van der Waals surface area contributed by atoms with Crippen LogP contribution in [0.2, 0.25) is 0 Å². The van der Waals surface area contributed by atoms with Gasteiger partial charge in [-0.3, -0.25) is 34.2 Å². The second kappa shape index (κ2) is 6.22. The maximum Gasteiger partial charge on any atom is 0.313 e. The van der Waals surface area contributed by atoms with Gasteiger partial charge in [0.2, 0.25) is 11.8 Å². The third-order valence-electron chi connectivity index (χ3n) is 4.42. The van der Waals surface area contributed by atoms with Gasteiger partial charge in [-0.1, -0.05) is 0 Å². The fourth-order valence-corrected chi connectivity index (χ4v) is 3.13. The topological polar surface area (TPSA) is 113 Å². The van der Waals surface area contributed by atoms with Crippen LogP contribution in [0.3, 0.4) is 0 Å². The lowest BCUT2D eigenvalue weighted by Crippen LogP contribution is -2.56. The standard InChI is InChI=1S/C17H21N3O6/c1-17(2,3)26-16(25)9-7-19(8-9)11-6-13(22)20(15(11)24)10-4-5-12(21)18-14(10)23/h6,9-10H,4-5,7-8H2,1-3H3,(H,18,21,23). The molecule has 3 rings (SSSR count). The maximum absolute atomic E-state index is 12.6. The van der Waals surface area contributed by atoms with Gasteiger partial charge < -0.3 is 9.64 Å². The molecule has 0 saturated carbocycles. The van der Waals surface area contributed by atoms with Crippen molar-refractivity contribution in [1.82, 2.24) is 15.1 Å². The average Bonchev–Trinajstić information content (AvgIpc) is 2.71. The SMILES string of the molecule is CC(C)(C)OC(=O)C1CN(C2=CC(=O)N(C3CCC(=O)NC3=O)C2=O)C1. The first-order valence-corrected chi connectivity index (χ1v) is 8.47. The van der Waals surface area contributed by atoms with E-state index >= 15 is 0 Å². The molecule has 140 valence electrons. The van der Waals surface area contributed by atoms with Crippen LogP contribution in [-0.2, 0) is 28.7 Å². The van der Waals surface area contributed by atoms with E-state index < -0.39 is 35.3 Å². The summed E-state index contributed by atoms with van der Waals surface area (Å²) < 4.78 is 5.31. The highest BCUT2D eigenvalue weighted by molar-refractivity contribution is 6.18. The molecule has 4 amide bonds. The number of amides is 4. The molecule has 0 bridgehead atoms. The summed E-state index contributed by atoms with van der Waals surface area (Å²) in [5, 5.41) is 2.14. The van der Waals surface area contributed by atoms with Crippen LogP contribution < -0.4 is 5.32 Å². The second-order valence-corrected chi connectivity index (χ2v) is 7.65. The van der Waals surface area contributed by atoms with Crippen molar-refractivity contribution in [3.8, 4) is 0 Å². The van der Waals surface area contributed by atoms with Gasteiger partial charge in [-0.2, -0.15) is 0 Å². The first kappa shape index (κ1) is 18.1. The van der Waals surface area contributed by atoms with E-state index in [0.29, 0.717) is 0 Å². The summed E-state index contributed by atoms with van der Waals surface area (Å²) in [7, 11) is 0. The molecule has 9 heteroatoms. The minimum Gasteiger partial charge on any atom is -0.460 e. The molecule has 0 spiro atoms. The zero-order valence-electron chi connectivity index (χ0n) is 14.9. The molecular formula is C17H21N3O6. The third-order valence-corrected chi connectivity index (χ3v) is 4.42. The molecule has 2 saturated heterocycles. The molecule has 1 unspecified atom stereocenters. The number of imide groups is 2. The average molecular weight is 363 g/mol. The molecule has 0 aromatic carbocycles. The van der Waals surface area contributed by atoms with E-state index in [4.69, 9.17) is 4.74 Å². The van der Waals surface area contributed by atoms with Gasteiger partial charge in [-0.25, -0.2) is 0 Å². The molecule has 0 aliphatic carbocycles. The van der Waals surface area contributed by atoms with Crippen LogP contribution in [0.5, 0.6) is 0 Å². The second-order valence-electron chi connectivity index (χ2n) is 7.65. The predicted molar refractivity (Wildman–Crippen MR) is 87.0 cm³/mol. The van der Waals surface area contributed by atoms with Gasteiger partial charge >= 0.3 is 5.97 Å². The maximum atomic E-state index is 12.6. The fraction of sp³-hybridized carbons (Fsp3) is 0.588. The van der Waals surface area contributed by atoms with E-state index in [2.05, 4.69) is 5.32 Å². The number of esters is 1. The van der Waals surface area contributed by atoms with Crippen molar-refractivity contribution in [1.29, 1.82) is 0 Å². The van der Waals surface area contributed by atoms with Gasteiger partial charge in [0.05, 0.1) is 5.92 Å². The van der Waals surface area contributed by atoms with E-state index in [1.54, 1.807) is 25.7 Å². The first-order valence-electron chi connectivity index (χ1n) is 8.47. The van der Waals surface area contributed by atoms with Gasteiger partial charge in [0.25, 0.3) is 11.8 Å². The van der Waals surface area contributed by atoms with Crippen LogP contribution in [0.1, 0.15) is 33.6 Å². The Hall–Kier alpha value is -2.71. The summed E-state index contributed by atoms with van der Waals surface area (Å²) >= 11 is 0. The van der Waals surface area contributed by atoms with Crippen molar-refractivity contribution in [2.24, 2.45) is 5.92 Å². The lowest BCUT2D eigenvalue weighted by Gasteiger charge is -2.40. The molecule has 1 N–H and O–H groups in total. The molecule has 26 heavy (non-hydrogen) atoms. The van der Waals surface area contributed by atoms with Crippen LogP contribution in [0.25, 0.3) is 0 Å². The molecule has 3 heterocycles. The van der Waals surface area contributed by atoms with Crippen molar-refractivity contribution in [3.63, 3.8) is 0 Å². The van der Waals surface area contributed by atoms with Crippen molar-refractivity contribution in [3.05, 3.63) is 11.8 Å². The van der Waals surface area contributed by atoms with E-state index in [9.17, 15) is 24.0 Å². The molecule has 2 fully saturated rings. The summed E-state index contributed by atoms with van der Waals surface area (Å²) in [5.41, 5.74) is -0.419. The van der Waals surface area contributed by atoms with Crippen LogP contribution in [0.15, 0.2) is 11.8 Å². The zero-order valence-corrected chi connectivity index (χ0v) is 14.9. The fourth-order valence-electron chi connectivity index (χ4n) is 3.13. The number of likely N-dealkylation sites (tertiary alicyclic amines) is 1. The Morgan fingerprint density at radius 3 is 2.42 bits per heavy atom.